The summed E-state index contributed by atoms with van der Waals surface area (Å²) in [6, 6.07) is 16.8. The Morgan fingerprint density at radius 3 is 2.46 bits per heavy atom. The molecule has 2 aromatic rings. The quantitative estimate of drug-likeness (QED) is 0.420. The molecule has 1 heterocycles. The first-order valence-electron chi connectivity index (χ1n) is 8.88. The summed E-state index contributed by atoms with van der Waals surface area (Å²) in [5.41, 5.74) is 1.83. The van der Waals surface area contributed by atoms with Crippen molar-refractivity contribution in [1.29, 1.82) is 0 Å². The molecule has 26 heavy (non-hydrogen) atoms. The molecule has 136 valence electrons. The molecule has 1 saturated heterocycles. The molecule has 1 unspecified atom stereocenters. The summed E-state index contributed by atoms with van der Waals surface area (Å²) >= 11 is 5.46. The molecule has 1 aliphatic rings. The smallest absolute Gasteiger partial charge is 0.276 e. The van der Waals surface area contributed by atoms with Gasteiger partial charge in [0.15, 0.2) is 0 Å². The molecule has 0 N–H and O–H groups in total. The van der Waals surface area contributed by atoms with Crippen molar-refractivity contribution in [2.75, 3.05) is 13.1 Å². The molecule has 1 aliphatic heterocycles. The summed E-state index contributed by atoms with van der Waals surface area (Å²) in [4.78, 5) is 13.1. The minimum atomic E-state index is -0.440. The van der Waals surface area contributed by atoms with Gasteiger partial charge in [-0.05, 0) is 49.5 Å². The van der Waals surface area contributed by atoms with Crippen molar-refractivity contribution in [2.45, 2.75) is 31.8 Å². The van der Waals surface area contributed by atoms with Gasteiger partial charge in [0.2, 0.25) is 0 Å². The zero-order chi connectivity index (χ0) is 18.4. The minimum Gasteiger partial charge on any atom is -0.462 e. The molecule has 6 heteroatoms. The normalized spacial score (nSPS) is 14.8. The number of nitro groups is 1. The van der Waals surface area contributed by atoms with Gasteiger partial charge >= 0.3 is 0 Å². The average Bonchev–Trinajstić information content (AvgIpc) is 3.20. The highest BCUT2D eigenvalue weighted by Gasteiger charge is 2.26. The standard InChI is InChI=1S/C20H22N2O3S/c23-22(24)18-11-5-4-10-17(18)19(13-12-16-8-2-1-3-9-16)25-20(26)21-14-6-7-15-21/h1-5,8-11,19H,6-7,12-15H2. The third-order valence-electron chi connectivity index (χ3n) is 4.63. The molecule has 1 atom stereocenters. The molecule has 0 amide bonds. The minimum absolute atomic E-state index is 0.0785. The van der Waals surface area contributed by atoms with Gasteiger partial charge in [0, 0.05) is 19.2 Å². The molecule has 0 aliphatic carbocycles. The van der Waals surface area contributed by atoms with Gasteiger partial charge in [0.1, 0.15) is 6.10 Å². The second-order valence-electron chi connectivity index (χ2n) is 6.41. The highest BCUT2D eigenvalue weighted by Crippen LogP contribution is 2.32. The average molecular weight is 370 g/mol. The number of hydrogen-bond donors (Lipinski definition) is 0. The number of hydrogen-bond acceptors (Lipinski definition) is 4. The van der Waals surface area contributed by atoms with Gasteiger partial charge in [0.05, 0.1) is 10.5 Å². The van der Waals surface area contributed by atoms with Crippen LogP contribution in [-0.4, -0.2) is 28.1 Å². The van der Waals surface area contributed by atoms with Crippen molar-refractivity contribution in [2.24, 2.45) is 0 Å². The van der Waals surface area contributed by atoms with Crippen LogP contribution in [0.2, 0.25) is 0 Å². The number of benzene rings is 2. The predicted molar refractivity (Wildman–Crippen MR) is 105 cm³/mol. The number of nitrogens with zero attached hydrogens (tertiary/aromatic N) is 2. The van der Waals surface area contributed by atoms with Crippen molar-refractivity contribution in [3.63, 3.8) is 0 Å². The van der Waals surface area contributed by atoms with Crippen LogP contribution in [0, 0.1) is 10.1 Å². The Labute approximate surface area is 158 Å². The van der Waals surface area contributed by atoms with Crippen LogP contribution >= 0.6 is 12.2 Å². The van der Waals surface area contributed by atoms with Gasteiger partial charge in [-0.25, -0.2) is 0 Å². The van der Waals surface area contributed by atoms with Crippen molar-refractivity contribution in [3.05, 3.63) is 75.8 Å². The molecular formula is C20H22N2O3S. The highest BCUT2D eigenvalue weighted by molar-refractivity contribution is 7.80. The van der Waals surface area contributed by atoms with Gasteiger partial charge in [-0.1, -0.05) is 42.5 Å². The molecule has 0 saturated carbocycles. The summed E-state index contributed by atoms with van der Waals surface area (Å²) in [6.07, 6.45) is 3.15. The predicted octanol–water partition coefficient (Wildman–Crippen LogP) is 4.67. The van der Waals surface area contributed by atoms with Crippen LogP contribution in [0.3, 0.4) is 0 Å². The Bertz CT molecular complexity index is 761. The monoisotopic (exact) mass is 370 g/mol. The number of rotatable bonds is 6. The molecular weight excluding hydrogens is 348 g/mol. The Kier molecular flexibility index (Phi) is 6.17. The van der Waals surface area contributed by atoms with Gasteiger partial charge in [-0.2, -0.15) is 0 Å². The van der Waals surface area contributed by atoms with E-state index in [1.165, 1.54) is 11.6 Å². The lowest BCUT2D eigenvalue weighted by Crippen LogP contribution is -2.29. The molecule has 0 aromatic heterocycles. The number of likely N-dealkylation sites (tertiary alicyclic amines) is 1. The lowest BCUT2D eigenvalue weighted by atomic mass is 10.00. The van der Waals surface area contributed by atoms with Crippen LogP contribution in [0.15, 0.2) is 54.6 Å². The Morgan fingerprint density at radius 2 is 1.77 bits per heavy atom. The number of nitro benzene ring substituents is 1. The van der Waals surface area contributed by atoms with E-state index in [0.29, 0.717) is 17.2 Å². The van der Waals surface area contributed by atoms with Crippen LogP contribution in [0.25, 0.3) is 0 Å². The first-order valence-corrected chi connectivity index (χ1v) is 9.29. The van der Waals surface area contributed by atoms with Crippen molar-refractivity contribution in [3.8, 4) is 0 Å². The number of ether oxygens (including phenoxy) is 1. The zero-order valence-electron chi connectivity index (χ0n) is 14.5. The maximum Gasteiger partial charge on any atom is 0.276 e. The van der Waals surface area contributed by atoms with E-state index in [2.05, 4.69) is 12.1 Å². The van der Waals surface area contributed by atoms with Gasteiger partial charge in [0.25, 0.3) is 10.9 Å². The van der Waals surface area contributed by atoms with Gasteiger partial charge in [-0.15, -0.1) is 0 Å². The van der Waals surface area contributed by atoms with Crippen LogP contribution in [0.1, 0.15) is 36.5 Å². The maximum atomic E-state index is 11.4. The fourth-order valence-corrected chi connectivity index (χ4v) is 3.54. The SMILES string of the molecule is O=[N+]([O-])c1ccccc1C(CCc1ccccc1)OC(=S)N1CCCC1. The molecule has 3 rings (SSSR count). The van der Waals surface area contributed by atoms with E-state index in [4.69, 9.17) is 17.0 Å². The molecule has 0 bridgehead atoms. The van der Waals surface area contributed by atoms with E-state index in [1.54, 1.807) is 18.2 Å². The second-order valence-corrected chi connectivity index (χ2v) is 6.76. The van der Waals surface area contributed by atoms with E-state index >= 15 is 0 Å². The third kappa shape index (κ3) is 4.58. The fraction of sp³-hybridized carbons (Fsp3) is 0.350. The van der Waals surface area contributed by atoms with Crippen LogP contribution in [-0.2, 0) is 11.2 Å². The fourth-order valence-electron chi connectivity index (χ4n) is 3.24. The zero-order valence-corrected chi connectivity index (χ0v) is 15.4. The van der Waals surface area contributed by atoms with E-state index in [9.17, 15) is 10.1 Å². The summed E-state index contributed by atoms with van der Waals surface area (Å²) in [6.45, 7) is 1.78. The van der Waals surface area contributed by atoms with Crippen LogP contribution in [0.5, 0.6) is 0 Å². The van der Waals surface area contributed by atoms with E-state index in [-0.39, 0.29) is 10.6 Å². The number of aryl methyl sites for hydroxylation is 1. The lowest BCUT2D eigenvalue weighted by Gasteiger charge is -2.25. The van der Waals surface area contributed by atoms with Gasteiger partial charge in [-0.3, -0.25) is 10.1 Å². The Morgan fingerprint density at radius 1 is 1.12 bits per heavy atom. The molecule has 2 aromatic carbocycles. The lowest BCUT2D eigenvalue weighted by molar-refractivity contribution is -0.386. The van der Waals surface area contributed by atoms with Crippen molar-refractivity contribution in [1.82, 2.24) is 4.90 Å². The van der Waals surface area contributed by atoms with E-state index < -0.39 is 6.10 Å². The van der Waals surface area contributed by atoms with Crippen LogP contribution in [0.4, 0.5) is 5.69 Å². The first-order chi connectivity index (χ1) is 12.6. The second kappa shape index (κ2) is 8.76. The van der Waals surface area contributed by atoms with E-state index in [0.717, 1.165) is 32.4 Å². The number of thiocarbonyl (C=S) groups is 1. The molecule has 0 spiro atoms. The van der Waals surface area contributed by atoms with Crippen molar-refractivity contribution < 1.29 is 9.66 Å². The highest BCUT2D eigenvalue weighted by atomic mass is 32.1. The Hall–Kier alpha value is -2.47. The summed E-state index contributed by atoms with van der Waals surface area (Å²) in [5, 5.41) is 11.9. The van der Waals surface area contributed by atoms with E-state index in [1.807, 2.05) is 23.1 Å². The topological polar surface area (TPSA) is 55.6 Å². The summed E-state index contributed by atoms with van der Waals surface area (Å²) in [5.74, 6) is 0. The largest absolute Gasteiger partial charge is 0.462 e. The summed E-state index contributed by atoms with van der Waals surface area (Å²) in [7, 11) is 0. The summed E-state index contributed by atoms with van der Waals surface area (Å²) < 4.78 is 6.09. The van der Waals surface area contributed by atoms with Crippen LogP contribution < -0.4 is 0 Å². The number of para-hydroxylation sites is 1. The molecule has 0 radical (unpaired) electrons. The first kappa shape index (κ1) is 18.3. The molecule has 1 fully saturated rings. The molecule has 5 nitrogen and oxygen atoms in total. The maximum absolute atomic E-state index is 11.4. The third-order valence-corrected chi connectivity index (χ3v) is 4.98. The Balaban J connectivity index is 1.81. The van der Waals surface area contributed by atoms with Crippen molar-refractivity contribution >= 4 is 23.1 Å². The van der Waals surface area contributed by atoms with Gasteiger partial charge < -0.3 is 9.64 Å².